The number of benzene rings is 2. The highest BCUT2D eigenvalue weighted by Crippen LogP contribution is 2.31. The van der Waals surface area contributed by atoms with Crippen LogP contribution in [0.5, 0.6) is 5.75 Å². The number of carbonyl (C=O) groups excluding carboxylic acids is 1. The van der Waals surface area contributed by atoms with Crippen LogP contribution in [0.3, 0.4) is 0 Å². The predicted molar refractivity (Wildman–Crippen MR) is 111 cm³/mol. The second-order valence-corrected chi connectivity index (χ2v) is 8.12. The minimum Gasteiger partial charge on any atom is -0.483 e. The fraction of sp³-hybridized carbons (Fsp3) is 0.238. The van der Waals surface area contributed by atoms with Crippen LogP contribution in [0, 0.1) is 0 Å². The van der Waals surface area contributed by atoms with Crippen LogP contribution >= 0.6 is 11.3 Å². The van der Waals surface area contributed by atoms with Crippen molar-refractivity contribution in [2.75, 3.05) is 17.7 Å². The Labute approximate surface area is 163 Å². The normalized spacial score (nSPS) is 11.2. The number of carbonyl (C=O) groups is 1. The van der Waals surface area contributed by atoms with Crippen molar-refractivity contribution in [3.05, 3.63) is 59.5 Å². The Morgan fingerprint density at radius 2 is 1.85 bits per heavy atom. The highest BCUT2D eigenvalue weighted by Gasteiger charge is 2.14. The molecule has 0 aliphatic heterocycles. The summed E-state index contributed by atoms with van der Waals surface area (Å²) < 4.78 is 5.72. The number of nitrogens with one attached hydrogen (secondary N) is 1. The van der Waals surface area contributed by atoms with Gasteiger partial charge in [-0.25, -0.2) is 4.98 Å². The SMILES string of the molecule is CC(C)(C)c1ccc(NC(=O)COc2ccccc2-c2csc(N)n2)cc1. The molecule has 0 aliphatic carbocycles. The maximum Gasteiger partial charge on any atom is 0.262 e. The number of hydrogen-bond donors (Lipinski definition) is 2. The number of aromatic nitrogens is 1. The van der Waals surface area contributed by atoms with Crippen LogP contribution in [0.1, 0.15) is 26.3 Å². The molecule has 3 aromatic rings. The van der Waals surface area contributed by atoms with E-state index in [0.717, 1.165) is 16.9 Å². The molecule has 1 amide bonds. The molecule has 0 bridgehead atoms. The van der Waals surface area contributed by atoms with Crippen molar-refractivity contribution in [2.24, 2.45) is 0 Å². The average molecular weight is 382 g/mol. The van der Waals surface area contributed by atoms with Gasteiger partial charge in [-0.3, -0.25) is 4.79 Å². The molecule has 3 N–H and O–H groups in total. The van der Waals surface area contributed by atoms with Gasteiger partial charge in [-0.2, -0.15) is 0 Å². The molecular weight excluding hydrogens is 358 g/mol. The zero-order valence-corrected chi connectivity index (χ0v) is 16.5. The van der Waals surface area contributed by atoms with Crippen molar-refractivity contribution in [2.45, 2.75) is 26.2 Å². The van der Waals surface area contributed by atoms with Gasteiger partial charge in [0.1, 0.15) is 5.75 Å². The first-order valence-corrected chi connectivity index (χ1v) is 9.54. The first-order chi connectivity index (χ1) is 12.8. The number of nitrogen functional groups attached to an aromatic ring is 1. The summed E-state index contributed by atoms with van der Waals surface area (Å²) in [5.41, 5.74) is 9.31. The monoisotopic (exact) mass is 381 g/mol. The summed E-state index contributed by atoms with van der Waals surface area (Å²) in [6, 6.07) is 15.3. The molecule has 1 heterocycles. The van der Waals surface area contributed by atoms with Crippen molar-refractivity contribution < 1.29 is 9.53 Å². The third-order valence-electron chi connectivity index (χ3n) is 4.08. The van der Waals surface area contributed by atoms with Crippen LogP contribution in [0.25, 0.3) is 11.3 Å². The van der Waals surface area contributed by atoms with Crippen LogP contribution < -0.4 is 15.8 Å². The van der Waals surface area contributed by atoms with E-state index in [-0.39, 0.29) is 17.9 Å². The number of nitrogens with two attached hydrogens (primary N) is 1. The summed E-state index contributed by atoms with van der Waals surface area (Å²) in [5.74, 6) is 0.382. The van der Waals surface area contributed by atoms with Crippen LogP contribution in [-0.4, -0.2) is 17.5 Å². The van der Waals surface area contributed by atoms with E-state index in [1.807, 2.05) is 53.9 Å². The van der Waals surface area contributed by atoms with E-state index in [9.17, 15) is 4.79 Å². The third-order valence-corrected chi connectivity index (χ3v) is 4.75. The number of ether oxygens (including phenoxy) is 1. The Hall–Kier alpha value is -2.86. The van der Waals surface area contributed by atoms with E-state index >= 15 is 0 Å². The molecule has 5 nitrogen and oxygen atoms in total. The molecule has 6 heteroatoms. The van der Waals surface area contributed by atoms with E-state index in [0.29, 0.717) is 10.9 Å². The van der Waals surface area contributed by atoms with E-state index in [1.165, 1.54) is 16.9 Å². The van der Waals surface area contributed by atoms with Crippen molar-refractivity contribution in [3.63, 3.8) is 0 Å². The van der Waals surface area contributed by atoms with Gasteiger partial charge >= 0.3 is 0 Å². The van der Waals surface area contributed by atoms with E-state index in [4.69, 9.17) is 10.5 Å². The molecule has 0 saturated heterocycles. The van der Waals surface area contributed by atoms with Crippen LogP contribution in [0.15, 0.2) is 53.9 Å². The lowest BCUT2D eigenvalue weighted by Crippen LogP contribution is -2.20. The van der Waals surface area contributed by atoms with Crippen molar-refractivity contribution in [1.29, 1.82) is 0 Å². The molecule has 0 aliphatic rings. The number of hydrogen-bond acceptors (Lipinski definition) is 5. The third kappa shape index (κ3) is 4.86. The number of anilines is 2. The summed E-state index contributed by atoms with van der Waals surface area (Å²) >= 11 is 1.37. The van der Waals surface area contributed by atoms with E-state index < -0.39 is 0 Å². The molecule has 0 atom stereocenters. The second-order valence-electron chi connectivity index (χ2n) is 7.23. The summed E-state index contributed by atoms with van der Waals surface area (Å²) in [7, 11) is 0. The first kappa shape index (κ1) is 18.9. The van der Waals surface area contributed by atoms with Gasteiger partial charge in [0.25, 0.3) is 5.91 Å². The fourth-order valence-corrected chi connectivity index (χ4v) is 3.17. The van der Waals surface area contributed by atoms with E-state index in [2.05, 4.69) is 31.1 Å². The van der Waals surface area contributed by atoms with Crippen molar-refractivity contribution in [1.82, 2.24) is 4.98 Å². The number of rotatable bonds is 5. The lowest BCUT2D eigenvalue weighted by Gasteiger charge is -2.19. The fourth-order valence-electron chi connectivity index (χ4n) is 2.61. The summed E-state index contributed by atoms with van der Waals surface area (Å²) in [6.45, 7) is 6.38. The molecule has 0 saturated carbocycles. The summed E-state index contributed by atoms with van der Waals surface area (Å²) in [4.78, 5) is 16.5. The van der Waals surface area contributed by atoms with Crippen LogP contribution in [-0.2, 0) is 10.2 Å². The summed E-state index contributed by atoms with van der Waals surface area (Å²) in [5, 5.41) is 5.22. The average Bonchev–Trinajstić information content (AvgIpc) is 3.06. The van der Waals surface area contributed by atoms with Gasteiger partial charge < -0.3 is 15.8 Å². The number of para-hydroxylation sites is 1. The number of nitrogens with zero attached hydrogens (tertiary/aromatic N) is 1. The van der Waals surface area contributed by atoms with Gasteiger partial charge in [0, 0.05) is 16.6 Å². The van der Waals surface area contributed by atoms with Gasteiger partial charge in [0.05, 0.1) is 5.69 Å². The van der Waals surface area contributed by atoms with Gasteiger partial charge in [-0.1, -0.05) is 45.0 Å². The lowest BCUT2D eigenvalue weighted by molar-refractivity contribution is -0.118. The molecule has 27 heavy (non-hydrogen) atoms. The molecular formula is C21H23N3O2S. The maximum atomic E-state index is 12.2. The molecule has 0 unspecified atom stereocenters. The van der Waals surface area contributed by atoms with E-state index in [1.54, 1.807) is 0 Å². The molecule has 1 aromatic heterocycles. The molecule has 3 rings (SSSR count). The molecule has 0 radical (unpaired) electrons. The minimum atomic E-state index is -0.217. The maximum absolute atomic E-state index is 12.2. The number of thiazole rings is 1. The van der Waals surface area contributed by atoms with Crippen LogP contribution in [0.4, 0.5) is 10.8 Å². The lowest BCUT2D eigenvalue weighted by atomic mass is 9.87. The largest absolute Gasteiger partial charge is 0.483 e. The Kier molecular flexibility index (Phi) is 5.46. The highest BCUT2D eigenvalue weighted by atomic mass is 32.1. The molecule has 2 aromatic carbocycles. The van der Waals surface area contributed by atoms with Gasteiger partial charge in [-0.05, 0) is 35.2 Å². The van der Waals surface area contributed by atoms with Crippen molar-refractivity contribution in [3.8, 4) is 17.0 Å². The Morgan fingerprint density at radius 1 is 1.15 bits per heavy atom. The van der Waals surface area contributed by atoms with Gasteiger partial charge in [0.2, 0.25) is 0 Å². The number of amides is 1. The topological polar surface area (TPSA) is 77.2 Å². The summed E-state index contributed by atoms with van der Waals surface area (Å²) in [6.07, 6.45) is 0. The standard InChI is InChI=1S/C21H23N3O2S/c1-21(2,3)14-8-10-15(11-9-14)23-19(25)12-26-18-7-5-4-6-16(18)17-13-27-20(22)24-17/h4-11,13H,12H2,1-3H3,(H2,22,24)(H,23,25). The van der Waals surface area contributed by atoms with Gasteiger partial charge in [-0.15, -0.1) is 11.3 Å². The smallest absolute Gasteiger partial charge is 0.262 e. The second kappa shape index (κ2) is 7.80. The highest BCUT2D eigenvalue weighted by molar-refractivity contribution is 7.13. The zero-order valence-electron chi connectivity index (χ0n) is 15.7. The first-order valence-electron chi connectivity index (χ1n) is 8.66. The predicted octanol–water partition coefficient (Wildman–Crippen LogP) is 4.71. The van der Waals surface area contributed by atoms with Crippen molar-refractivity contribution >= 4 is 28.1 Å². The molecule has 140 valence electrons. The minimum absolute atomic E-state index is 0.0778. The molecule has 0 fully saturated rings. The Bertz CT molecular complexity index is 927. The Balaban J connectivity index is 1.63. The Morgan fingerprint density at radius 3 is 2.48 bits per heavy atom. The van der Waals surface area contributed by atoms with Gasteiger partial charge in [0.15, 0.2) is 11.7 Å². The zero-order chi connectivity index (χ0) is 19.4. The van der Waals surface area contributed by atoms with Crippen LogP contribution in [0.2, 0.25) is 0 Å². The quantitative estimate of drug-likeness (QED) is 0.671. The molecule has 0 spiro atoms.